The Morgan fingerprint density at radius 3 is 2.77 bits per heavy atom. The van der Waals surface area contributed by atoms with E-state index < -0.39 is 9.84 Å². The molecule has 22 heavy (non-hydrogen) atoms. The summed E-state index contributed by atoms with van der Waals surface area (Å²) >= 11 is 0. The Balaban J connectivity index is 1.44. The van der Waals surface area contributed by atoms with Crippen molar-refractivity contribution in [3.05, 3.63) is 24.3 Å². The molecule has 1 saturated heterocycles. The van der Waals surface area contributed by atoms with E-state index in [1.807, 2.05) is 24.3 Å². The molecular weight excluding hydrogens is 308 g/mol. The number of carbonyl (C=O) groups excluding carboxylic acids is 1. The Morgan fingerprint density at radius 1 is 1.27 bits per heavy atom. The van der Waals surface area contributed by atoms with Crippen molar-refractivity contribution in [2.45, 2.75) is 18.6 Å². The molecule has 2 aliphatic rings. The number of rotatable bonds is 3. The van der Waals surface area contributed by atoms with Crippen molar-refractivity contribution in [2.75, 3.05) is 24.7 Å². The predicted octanol–water partition coefficient (Wildman–Crippen LogP) is 0.313. The zero-order chi connectivity index (χ0) is 15.6. The number of benzene rings is 1. The summed E-state index contributed by atoms with van der Waals surface area (Å²) in [4.78, 5) is 11.8. The molecule has 2 aliphatic heterocycles. The minimum Gasteiger partial charge on any atom is -0.486 e. The van der Waals surface area contributed by atoms with Gasteiger partial charge in [-0.15, -0.1) is 0 Å². The molecule has 1 aromatic carbocycles. The molecule has 8 heteroatoms. The second kappa shape index (κ2) is 6.04. The molecule has 1 fully saturated rings. The van der Waals surface area contributed by atoms with E-state index in [1.54, 1.807) is 0 Å². The number of fused-ring (bicyclic) bond motifs is 1. The zero-order valence-corrected chi connectivity index (χ0v) is 12.8. The van der Waals surface area contributed by atoms with Gasteiger partial charge in [0, 0.05) is 6.04 Å². The number of hydrogen-bond acceptors (Lipinski definition) is 5. The number of amides is 2. The molecule has 0 spiro atoms. The van der Waals surface area contributed by atoms with Crippen LogP contribution in [-0.2, 0) is 9.84 Å². The van der Waals surface area contributed by atoms with Gasteiger partial charge < -0.3 is 20.1 Å². The zero-order valence-electron chi connectivity index (χ0n) is 11.9. The Kier molecular flexibility index (Phi) is 4.10. The SMILES string of the molecule is O=C(NC[C@H]1COc2ccccc2O1)N[C@@H]1CCS(=O)(=O)C1. The highest BCUT2D eigenvalue weighted by Gasteiger charge is 2.29. The van der Waals surface area contributed by atoms with Crippen LogP contribution in [0.5, 0.6) is 11.5 Å². The molecule has 2 N–H and O–H groups in total. The van der Waals surface area contributed by atoms with Crippen LogP contribution in [0, 0.1) is 0 Å². The van der Waals surface area contributed by atoms with Crippen molar-refractivity contribution in [2.24, 2.45) is 0 Å². The first kappa shape index (κ1) is 15.0. The fourth-order valence-corrected chi connectivity index (χ4v) is 4.19. The molecule has 3 rings (SSSR count). The van der Waals surface area contributed by atoms with Gasteiger partial charge in [-0.2, -0.15) is 0 Å². The summed E-state index contributed by atoms with van der Waals surface area (Å²) in [5, 5.41) is 5.36. The maximum atomic E-state index is 11.8. The lowest BCUT2D eigenvalue weighted by atomic mass is 10.2. The van der Waals surface area contributed by atoms with Crippen LogP contribution in [0.2, 0.25) is 0 Å². The van der Waals surface area contributed by atoms with Crippen LogP contribution in [0.4, 0.5) is 4.79 Å². The van der Waals surface area contributed by atoms with Crippen molar-refractivity contribution in [3.8, 4) is 11.5 Å². The molecule has 0 radical (unpaired) electrons. The molecule has 7 nitrogen and oxygen atoms in total. The summed E-state index contributed by atoms with van der Waals surface area (Å²) < 4.78 is 33.9. The van der Waals surface area contributed by atoms with Crippen molar-refractivity contribution < 1.29 is 22.7 Å². The monoisotopic (exact) mass is 326 g/mol. The molecule has 2 amide bonds. The first-order valence-electron chi connectivity index (χ1n) is 7.15. The number of hydrogen-bond donors (Lipinski definition) is 2. The van der Waals surface area contributed by atoms with Gasteiger partial charge in [0.2, 0.25) is 0 Å². The topological polar surface area (TPSA) is 93.7 Å². The van der Waals surface area contributed by atoms with Crippen LogP contribution >= 0.6 is 0 Å². The first-order valence-corrected chi connectivity index (χ1v) is 8.97. The number of sulfone groups is 1. The van der Waals surface area contributed by atoms with Gasteiger partial charge >= 0.3 is 6.03 Å². The van der Waals surface area contributed by atoms with E-state index in [1.165, 1.54) is 0 Å². The van der Waals surface area contributed by atoms with Gasteiger partial charge in [0.15, 0.2) is 27.4 Å². The van der Waals surface area contributed by atoms with E-state index in [-0.39, 0.29) is 29.7 Å². The van der Waals surface area contributed by atoms with Gasteiger partial charge in [0.25, 0.3) is 0 Å². The van der Waals surface area contributed by atoms with Crippen LogP contribution in [0.1, 0.15) is 6.42 Å². The molecule has 0 saturated carbocycles. The van der Waals surface area contributed by atoms with E-state index >= 15 is 0 Å². The highest BCUT2D eigenvalue weighted by Crippen LogP contribution is 2.30. The van der Waals surface area contributed by atoms with Crippen LogP contribution < -0.4 is 20.1 Å². The molecular formula is C14H18N2O5S. The number of urea groups is 1. The van der Waals surface area contributed by atoms with Crippen molar-refractivity contribution >= 4 is 15.9 Å². The summed E-state index contributed by atoms with van der Waals surface area (Å²) in [6.45, 7) is 0.648. The third-order valence-electron chi connectivity index (χ3n) is 3.63. The lowest BCUT2D eigenvalue weighted by Crippen LogP contribution is -2.47. The molecule has 2 atom stereocenters. The van der Waals surface area contributed by atoms with Crippen molar-refractivity contribution in [1.29, 1.82) is 0 Å². The third kappa shape index (κ3) is 3.62. The van der Waals surface area contributed by atoms with Crippen LogP contribution in [-0.4, -0.2) is 51.3 Å². The van der Waals surface area contributed by atoms with Crippen molar-refractivity contribution in [3.63, 3.8) is 0 Å². The summed E-state index contributed by atoms with van der Waals surface area (Å²) in [5.74, 6) is 1.49. The average Bonchev–Trinajstić information content (AvgIpc) is 2.84. The fourth-order valence-electron chi connectivity index (χ4n) is 2.52. The maximum absolute atomic E-state index is 11.8. The van der Waals surface area contributed by atoms with Crippen LogP contribution in [0.15, 0.2) is 24.3 Å². The summed E-state index contributed by atoms with van der Waals surface area (Å²) in [6.07, 6.45) is 0.194. The predicted molar refractivity (Wildman–Crippen MR) is 79.9 cm³/mol. The summed E-state index contributed by atoms with van der Waals surface area (Å²) in [6, 6.07) is 6.66. The molecule has 1 aromatic rings. The van der Waals surface area contributed by atoms with Crippen LogP contribution in [0.25, 0.3) is 0 Å². The minimum atomic E-state index is -3.00. The largest absolute Gasteiger partial charge is 0.486 e. The second-order valence-electron chi connectivity index (χ2n) is 5.45. The molecule has 0 aliphatic carbocycles. The molecule has 0 bridgehead atoms. The van der Waals surface area contributed by atoms with Gasteiger partial charge in [-0.25, -0.2) is 13.2 Å². The van der Waals surface area contributed by atoms with E-state index in [9.17, 15) is 13.2 Å². The highest BCUT2D eigenvalue weighted by atomic mass is 32.2. The maximum Gasteiger partial charge on any atom is 0.315 e. The molecule has 120 valence electrons. The van der Waals surface area contributed by atoms with E-state index in [0.717, 1.165) is 0 Å². The number of para-hydroxylation sites is 2. The Bertz CT molecular complexity index is 661. The molecule has 2 heterocycles. The van der Waals surface area contributed by atoms with E-state index in [0.29, 0.717) is 31.1 Å². The summed E-state index contributed by atoms with van der Waals surface area (Å²) in [7, 11) is -3.00. The quantitative estimate of drug-likeness (QED) is 0.834. The normalized spacial score (nSPS) is 25.5. The smallest absolute Gasteiger partial charge is 0.315 e. The Morgan fingerprint density at radius 2 is 2.05 bits per heavy atom. The Hall–Kier alpha value is -1.96. The van der Waals surface area contributed by atoms with Gasteiger partial charge in [0.1, 0.15) is 6.61 Å². The average molecular weight is 326 g/mol. The number of nitrogens with one attached hydrogen (secondary N) is 2. The van der Waals surface area contributed by atoms with E-state index in [2.05, 4.69) is 10.6 Å². The number of ether oxygens (including phenoxy) is 2. The van der Waals surface area contributed by atoms with Gasteiger partial charge in [-0.05, 0) is 18.6 Å². The second-order valence-corrected chi connectivity index (χ2v) is 7.68. The Labute approximate surface area is 128 Å². The lowest BCUT2D eigenvalue weighted by molar-refractivity contribution is 0.0917. The summed E-state index contributed by atoms with van der Waals surface area (Å²) in [5.41, 5.74) is 0. The molecule has 0 unspecified atom stereocenters. The standard InChI is InChI=1S/C14H18N2O5S/c17-14(16-10-5-6-22(18,19)9-10)15-7-11-8-20-12-3-1-2-4-13(12)21-11/h1-4,10-11H,5-9H2,(H2,15,16,17)/t10-,11+/m1/s1. The first-order chi connectivity index (χ1) is 10.5. The highest BCUT2D eigenvalue weighted by molar-refractivity contribution is 7.91. The minimum absolute atomic E-state index is 0.0107. The van der Waals surface area contributed by atoms with Gasteiger partial charge in [0.05, 0.1) is 18.1 Å². The lowest BCUT2D eigenvalue weighted by Gasteiger charge is -2.26. The van der Waals surface area contributed by atoms with Gasteiger partial charge in [-0.3, -0.25) is 0 Å². The van der Waals surface area contributed by atoms with Crippen molar-refractivity contribution in [1.82, 2.24) is 10.6 Å². The molecule has 0 aromatic heterocycles. The third-order valence-corrected chi connectivity index (χ3v) is 5.39. The number of carbonyl (C=O) groups is 1. The van der Waals surface area contributed by atoms with Crippen LogP contribution in [0.3, 0.4) is 0 Å². The van der Waals surface area contributed by atoms with E-state index in [4.69, 9.17) is 9.47 Å². The van der Waals surface area contributed by atoms with Gasteiger partial charge in [-0.1, -0.05) is 12.1 Å². The fraction of sp³-hybridized carbons (Fsp3) is 0.500.